The van der Waals surface area contributed by atoms with Gasteiger partial charge in [0.15, 0.2) is 0 Å². The number of rotatable bonds is 6. The third-order valence-corrected chi connectivity index (χ3v) is 5.11. The van der Waals surface area contributed by atoms with Gasteiger partial charge in [-0.3, -0.25) is 4.79 Å². The molecule has 4 rings (SSSR count). The highest BCUT2D eigenvalue weighted by Gasteiger charge is 2.30. The Morgan fingerprint density at radius 1 is 1.20 bits per heavy atom. The number of amides is 1. The van der Waals surface area contributed by atoms with E-state index in [1.165, 1.54) is 6.21 Å². The van der Waals surface area contributed by atoms with E-state index in [1.54, 1.807) is 6.07 Å². The van der Waals surface area contributed by atoms with Gasteiger partial charge in [-0.2, -0.15) is 5.10 Å². The molecule has 0 saturated carbocycles. The largest absolute Gasteiger partial charge is 0.507 e. The summed E-state index contributed by atoms with van der Waals surface area (Å²) in [5.74, 6) is 0.674. The van der Waals surface area contributed by atoms with Crippen LogP contribution in [0.3, 0.4) is 0 Å². The molecule has 1 aliphatic heterocycles. The standard InChI is InChI=1S/C23H24N4O3/c1-2-30-17-8-5-7-16(12-17)20-13-21(26-25-20)23(29)27-24-14-19-18-9-4-3-6-15(18)10-11-22(19)28/h3-12,14,20-21,25-26,28H,2,13H2,1H3,(H,27,29)/b24-14+. The number of hydrazone groups is 1. The van der Waals surface area contributed by atoms with Gasteiger partial charge in [-0.15, -0.1) is 0 Å². The van der Waals surface area contributed by atoms with Crippen LogP contribution in [-0.2, 0) is 4.79 Å². The summed E-state index contributed by atoms with van der Waals surface area (Å²) in [6.45, 7) is 2.55. The van der Waals surface area contributed by atoms with Crippen molar-refractivity contribution >= 4 is 22.9 Å². The van der Waals surface area contributed by atoms with E-state index in [2.05, 4.69) is 21.4 Å². The van der Waals surface area contributed by atoms with E-state index in [1.807, 2.05) is 61.5 Å². The Morgan fingerprint density at radius 2 is 2.07 bits per heavy atom. The molecule has 1 fully saturated rings. The van der Waals surface area contributed by atoms with Crippen molar-refractivity contribution in [2.45, 2.75) is 25.4 Å². The lowest BCUT2D eigenvalue weighted by Crippen LogP contribution is -2.41. The fraction of sp³-hybridized carbons (Fsp3) is 0.217. The molecular formula is C23H24N4O3. The van der Waals surface area contributed by atoms with Crippen molar-refractivity contribution < 1.29 is 14.6 Å². The molecule has 0 aliphatic carbocycles. The molecule has 1 aliphatic rings. The Hall–Kier alpha value is -3.42. The minimum absolute atomic E-state index is 0.00718. The molecule has 2 unspecified atom stereocenters. The molecule has 3 aromatic rings. The molecule has 1 heterocycles. The molecular weight excluding hydrogens is 380 g/mol. The zero-order valence-electron chi connectivity index (χ0n) is 16.6. The predicted molar refractivity (Wildman–Crippen MR) is 116 cm³/mol. The van der Waals surface area contributed by atoms with E-state index in [4.69, 9.17) is 4.74 Å². The molecule has 7 heteroatoms. The van der Waals surface area contributed by atoms with Crippen LogP contribution >= 0.6 is 0 Å². The van der Waals surface area contributed by atoms with E-state index in [0.29, 0.717) is 18.6 Å². The molecule has 0 bridgehead atoms. The number of hydrogen-bond acceptors (Lipinski definition) is 6. The number of phenols is 1. The number of nitrogens with one attached hydrogen (secondary N) is 3. The number of aromatic hydroxyl groups is 1. The molecule has 0 aromatic heterocycles. The Balaban J connectivity index is 1.40. The molecule has 1 amide bonds. The van der Waals surface area contributed by atoms with Crippen LogP contribution in [0.2, 0.25) is 0 Å². The Bertz CT molecular complexity index is 1080. The maximum absolute atomic E-state index is 12.5. The van der Waals surface area contributed by atoms with Gasteiger partial charge >= 0.3 is 0 Å². The summed E-state index contributed by atoms with van der Waals surface area (Å²) in [5.41, 5.74) is 10.4. The Kier molecular flexibility index (Phi) is 5.92. The van der Waals surface area contributed by atoms with Crippen LogP contribution in [0.5, 0.6) is 11.5 Å². The second kappa shape index (κ2) is 8.94. The monoisotopic (exact) mass is 404 g/mol. The summed E-state index contributed by atoms with van der Waals surface area (Å²) in [4.78, 5) is 12.5. The average Bonchev–Trinajstić information content (AvgIpc) is 3.26. The van der Waals surface area contributed by atoms with E-state index >= 15 is 0 Å². The lowest BCUT2D eigenvalue weighted by Gasteiger charge is -2.11. The van der Waals surface area contributed by atoms with Crippen LogP contribution < -0.4 is 21.0 Å². The first kappa shape index (κ1) is 19.9. The van der Waals surface area contributed by atoms with Crippen molar-refractivity contribution in [1.82, 2.24) is 16.3 Å². The van der Waals surface area contributed by atoms with E-state index in [-0.39, 0.29) is 17.7 Å². The summed E-state index contributed by atoms with van der Waals surface area (Å²) < 4.78 is 5.55. The zero-order chi connectivity index (χ0) is 20.9. The number of carbonyl (C=O) groups excluding carboxylic acids is 1. The number of benzene rings is 3. The zero-order valence-corrected chi connectivity index (χ0v) is 16.6. The smallest absolute Gasteiger partial charge is 0.258 e. The van der Waals surface area contributed by atoms with Gasteiger partial charge in [0.1, 0.15) is 17.5 Å². The highest BCUT2D eigenvalue weighted by atomic mass is 16.5. The van der Waals surface area contributed by atoms with Crippen molar-refractivity contribution in [2.75, 3.05) is 6.61 Å². The number of phenolic OH excluding ortho intramolecular Hbond substituents is 1. The van der Waals surface area contributed by atoms with Gasteiger partial charge in [0.25, 0.3) is 5.91 Å². The van der Waals surface area contributed by atoms with Crippen molar-refractivity contribution in [2.24, 2.45) is 5.10 Å². The SMILES string of the molecule is CCOc1cccc(C2CC(C(=O)N/N=C/c3c(O)ccc4ccccc34)NN2)c1. The second-order valence-electron chi connectivity index (χ2n) is 7.09. The molecule has 7 nitrogen and oxygen atoms in total. The number of hydrogen-bond donors (Lipinski definition) is 4. The highest BCUT2D eigenvalue weighted by Crippen LogP contribution is 2.26. The van der Waals surface area contributed by atoms with Crippen LogP contribution in [0.4, 0.5) is 0 Å². The third kappa shape index (κ3) is 4.27. The molecule has 2 atom stereocenters. The van der Waals surface area contributed by atoms with Gasteiger partial charge in [0.2, 0.25) is 0 Å². The van der Waals surface area contributed by atoms with Gasteiger partial charge in [-0.25, -0.2) is 16.3 Å². The number of ether oxygens (including phenoxy) is 1. The van der Waals surface area contributed by atoms with Gasteiger partial charge < -0.3 is 9.84 Å². The van der Waals surface area contributed by atoms with E-state index < -0.39 is 6.04 Å². The summed E-state index contributed by atoms with van der Waals surface area (Å²) >= 11 is 0. The first-order valence-corrected chi connectivity index (χ1v) is 9.93. The van der Waals surface area contributed by atoms with Crippen molar-refractivity contribution in [3.8, 4) is 11.5 Å². The highest BCUT2D eigenvalue weighted by molar-refractivity contribution is 6.02. The number of carbonyl (C=O) groups is 1. The number of nitrogens with zero attached hydrogens (tertiary/aromatic N) is 1. The molecule has 1 saturated heterocycles. The molecule has 4 N–H and O–H groups in total. The van der Waals surface area contributed by atoms with Crippen molar-refractivity contribution in [3.05, 3.63) is 71.8 Å². The van der Waals surface area contributed by atoms with Crippen LogP contribution in [0.1, 0.15) is 30.5 Å². The maximum atomic E-state index is 12.5. The summed E-state index contributed by atoms with van der Waals surface area (Å²) in [7, 11) is 0. The molecule has 30 heavy (non-hydrogen) atoms. The van der Waals surface area contributed by atoms with Gasteiger partial charge in [0, 0.05) is 11.6 Å². The normalized spacial score (nSPS) is 18.7. The molecule has 154 valence electrons. The number of fused-ring (bicyclic) bond motifs is 1. The summed E-state index contributed by atoms with van der Waals surface area (Å²) in [6, 6.07) is 18.6. The maximum Gasteiger partial charge on any atom is 0.258 e. The molecule has 0 spiro atoms. The fourth-order valence-corrected chi connectivity index (χ4v) is 3.59. The minimum atomic E-state index is -0.427. The molecule has 0 radical (unpaired) electrons. The predicted octanol–water partition coefficient (Wildman–Crippen LogP) is 3.00. The number of hydrazine groups is 1. The Labute approximate surface area is 174 Å². The fourth-order valence-electron chi connectivity index (χ4n) is 3.59. The summed E-state index contributed by atoms with van der Waals surface area (Å²) in [6.07, 6.45) is 2.05. The Morgan fingerprint density at radius 3 is 2.93 bits per heavy atom. The lowest BCUT2D eigenvalue weighted by atomic mass is 10.0. The topological polar surface area (TPSA) is 95.0 Å². The van der Waals surface area contributed by atoms with Crippen molar-refractivity contribution in [3.63, 3.8) is 0 Å². The molecule has 3 aromatic carbocycles. The van der Waals surface area contributed by atoms with Crippen LogP contribution in [0.25, 0.3) is 10.8 Å². The van der Waals surface area contributed by atoms with E-state index in [0.717, 1.165) is 22.1 Å². The first-order valence-electron chi connectivity index (χ1n) is 9.93. The quantitative estimate of drug-likeness (QED) is 0.374. The first-order chi connectivity index (χ1) is 14.7. The van der Waals surface area contributed by atoms with E-state index in [9.17, 15) is 9.90 Å². The minimum Gasteiger partial charge on any atom is -0.507 e. The van der Waals surface area contributed by atoms with Crippen molar-refractivity contribution in [1.29, 1.82) is 0 Å². The van der Waals surface area contributed by atoms with Gasteiger partial charge in [-0.05, 0) is 47.9 Å². The second-order valence-corrected chi connectivity index (χ2v) is 7.09. The third-order valence-electron chi connectivity index (χ3n) is 5.11. The summed E-state index contributed by atoms with van der Waals surface area (Å²) in [5, 5.41) is 16.1. The average molecular weight is 404 g/mol. The van der Waals surface area contributed by atoms with Crippen LogP contribution in [0, 0.1) is 0 Å². The lowest BCUT2D eigenvalue weighted by molar-refractivity contribution is -0.122. The van der Waals surface area contributed by atoms with Gasteiger partial charge in [0.05, 0.1) is 12.8 Å². The van der Waals surface area contributed by atoms with Gasteiger partial charge in [-0.1, -0.05) is 42.5 Å². The van der Waals surface area contributed by atoms with Crippen LogP contribution in [-0.4, -0.2) is 29.9 Å². The van der Waals surface area contributed by atoms with Crippen LogP contribution in [0.15, 0.2) is 65.8 Å².